The monoisotopic (exact) mass is 465 g/mol. The Kier molecular flexibility index (Phi) is 7.35. The number of hydrogen-bond acceptors (Lipinski definition) is 7. The van der Waals surface area contributed by atoms with Gasteiger partial charge in [0.1, 0.15) is 11.6 Å². The lowest BCUT2D eigenvalue weighted by Gasteiger charge is -2.43. The highest BCUT2D eigenvalue weighted by atomic mass is 19.4. The second-order valence-electron chi connectivity index (χ2n) is 8.51. The van der Waals surface area contributed by atoms with Gasteiger partial charge in [0.2, 0.25) is 0 Å². The number of aromatic nitrogens is 2. The molecular weight excluding hydrogens is 435 g/mol. The molecule has 0 radical (unpaired) electrons. The smallest absolute Gasteiger partial charge is 0.416 e. The Labute approximate surface area is 191 Å². The maximum absolute atomic E-state index is 13.3. The molecule has 3 heterocycles. The van der Waals surface area contributed by atoms with E-state index in [4.69, 9.17) is 9.47 Å². The summed E-state index contributed by atoms with van der Waals surface area (Å²) in [6.45, 7) is 7.81. The van der Waals surface area contributed by atoms with Crippen LogP contribution in [0.3, 0.4) is 0 Å². The number of ether oxygens (including phenoxy) is 2. The van der Waals surface area contributed by atoms with Gasteiger partial charge in [0.25, 0.3) is 0 Å². The molecule has 2 aliphatic rings. The fourth-order valence-electron chi connectivity index (χ4n) is 4.29. The van der Waals surface area contributed by atoms with Crippen molar-refractivity contribution in [2.45, 2.75) is 44.9 Å². The van der Waals surface area contributed by atoms with Crippen molar-refractivity contribution in [1.29, 1.82) is 0 Å². The van der Waals surface area contributed by atoms with Gasteiger partial charge < -0.3 is 20.1 Å². The van der Waals surface area contributed by atoms with Crippen molar-refractivity contribution >= 4 is 5.82 Å². The van der Waals surface area contributed by atoms with Gasteiger partial charge in [0, 0.05) is 43.9 Å². The lowest BCUT2D eigenvalue weighted by atomic mass is 10.00. The summed E-state index contributed by atoms with van der Waals surface area (Å²) in [7, 11) is 0. The Balaban J connectivity index is 1.51. The Morgan fingerprint density at radius 3 is 2.67 bits per heavy atom. The molecule has 33 heavy (non-hydrogen) atoms. The van der Waals surface area contributed by atoms with Crippen LogP contribution in [0, 0.1) is 6.92 Å². The topological polar surface area (TPSA) is 71.5 Å². The summed E-state index contributed by atoms with van der Waals surface area (Å²) < 4.78 is 50.7. The zero-order valence-corrected chi connectivity index (χ0v) is 18.9. The molecule has 2 aromatic rings. The Morgan fingerprint density at radius 2 is 2.03 bits per heavy atom. The van der Waals surface area contributed by atoms with Crippen LogP contribution < -0.4 is 15.4 Å². The molecule has 0 aliphatic carbocycles. The molecule has 2 aliphatic heterocycles. The van der Waals surface area contributed by atoms with Crippen molar-refractivity contribution in [2.24, 2.45) is 0 Å². The highest BCUT2D eigenvalue weighted by Gasteiger charge is 2.33. The molecule has 1 atom stereocenters. The Bertz CT molecular complexity index is 935. The number of halogens is 3. The zero-order chi connectivity index (χ0) is 23.4. The number of piperidine rings is 1. The molecule has 2 N–H and O–H groups in total. The van der Waals surface area contributed by atoms with E-state index in [0.29, 0.717) is 35.3 Å². The molecule has 0 amide bonds. The molecule has 0 saturated carbocycles. The van der Waals surface area contributed by atoms with E-state index in [1.54, 1.807) is 19.9 Å². The summed E-state index contributed by atoms with van der Waals surface area (Å²) in [6, 6.07) is 6.56. The van der Waals surface area contributed by atoms with Crippen LogP contribution in [-0.4, -0.2) is 66.8 Å². The van der Waals surface area contributed by atoms with E-state index >= 15 is 0 Å². The van der Waals surface area contributed by atoms with Crippen LogP contribution in [0.5, 0.6) is 5.75 Å². The van der Waals surface area contributed by atoms with E-state index in [-0.39, 0.29) is 18.6 Å². The van der Waals surface area contributed by atoms with Gasteiger partial charge in [0.15, 0.2) is 6.79 Å². The number of hydrogen-bond donors (Lipinski definition) is 2. The van der Waals surface area contributed by atoms with Crippen molar-refractivity contribution in [3.63, 3.8) is 0 Å². The number of alkyl halides is 3. The van der Waals surface area contributed by atoms with E-state index in [2.05, 4.69) is 25.7 Å². The summed E-state index contributed by atoms with van der Waals surface area (Å²) in [6.07, 6.45) is -2.28. The lowest BCUT2D eigenvalue weighted by molar-refractivity contribution is -0.137. The van der Waals surface area contributed by atoms with Crippen LogP contribution >= 0.6 is 0 Å². The lowest BCUT2D eigenvalue weighted by Crippen LogP contribution is -2.60. The minimum atomic E-state index is -4.48. The third kappa shape index (κ3) is 5.74. The Hall–Kier alpha value is -2.43. The SMILES string of the molecule is CCOCOc1cc(C(F)(F)F)cc(C)c1-c1ccc(N[C@@H]2CCCN(C3CNC3)C2)nn1. The summed E-state index contributed by atoms with van der Waals surface area (Å²) in [4.78, 5) is 2.51. The van der Waals surface area contributed by atoms with Crippen LogP contribution in [0.1, 0.15) is 30.9 Å². The molecule has 10 heteroatoms. The van der Waals surface area contributed by atoms with Crippen LogP contribution in [-0.2, 0) is 10.9 Å². The molecule has 0 unspecified atom stereocenters. The van der Waals surface area contributed by atoms with Crippen molar-refractivity contribution in [1.82, 2.24) is 20.4 Å². The molecule has 0 bridgehead atoms. The van der Waals surface area contributed by atoms with Gasteiger partial charge in [-0.25, -0.2) is 0 Å². The molecule has 1 aromatic heterocycles. The predicted molar refractivity (Wildman–Crippen MR) is 119 cm³/mol. The number of aryl methyl sites for hydroxylation is 1. The van der Waals surface area contributed by atoms with Gasteiger partial charge in [-0.2, -0.15) is 13.2 Å². The van der Waals surface area contributed by atoms with Crippen molar-refractivity contribution in [3.8, 4) is 17.0 Å². The maximum Gasteiger partial charge on any atom is 0.416 e. The molecular formula is C23H30F3N5O2. The number of benzene rings is 1. The van der Waals surface area contributed by atoms with Crippen molar-refractivity contribution in [2.75, 3.05) is 44.9 Å². The van der Waals surface area contributed by atoms with E-state index in [0.717, 1.165) is 51.2 Å². The highest BCUT2D eigenvalue weighted by Crippen LogP contribution is 2.39. The highest BCUT2D eigenvalue weighted by molar-refractivity contribution is 5.72. The Morgan fingerprint density at radius 1 is 1.21 bits per heavy atom. The molecule has 0 spiro atoms. The quantitative estimate of drug-likeness (QED) is 0.455. The van der Waals surface area contributed by atoms with E-state index in [1.807, 2.05) is 6.07 Å². The van der Waals surface area contributed by atoms with Crippen molar-refractivity contribution < 1.29 is 22.6 Å². The predicted octanol–water partition coefficient (Wildman–Crippen LogP) is 3.69. The van der Waals surface area contributed by atoms with Gasteiger partial charge >= 0.3 is 6.18 Å². The van der Waals surface area contributed by atoms with Gasteiger partial charge in [-0.1, -0.05) is 0 Å². The number of nitrogens with one attached hydrogen (secondary N) is 2. The minimum absolute atomic E-state index is 0.0721. The van der Waals surface area contributed by atoms with E-state index in [9.17, 15) is 13.2 Å². The standard InChI is InChI=1S/C23H30F3N5O2/c1-3-32-14-33-20-10-16(23(24,25)26)9-15(2)22(20)19-6-7-21(30-29-19)28-17-5-4-8-31(13-17)18-11-27-12-18/h6-7,9-10,17-18,27H,3-5,8,11-14H2,1-2H3,(H,28,30)/t17-/m1/s1. The molecule has 7 nitrogen and oxygen atoms in total. The summed E-state index contributed by atoms with van der Waals surface area (Å²) >= 11 is 0. The molecule has 180 valence electrons. The van der Waals surface area contributed by atoms with Crippen LogP contribution in [0.15, 0.2) is 24.3 Å². The van der Waals surface area contributed by atoms with Crippen LogP contribution in [0.25, 0.3) is 11.3 Å². The number of anilines is 1. The van der Waals surface area contributed by atoms with Gasteiger partial charge in [-0.15, -0.1) is 10.2 Å². The molecule has 2 fully saturated rings. The van der Waals surface area contributed by atoms with Crippen LogP contribution in [0.4, 0.5) is 19.0 Å². The first-order valence-electron chi connectivity index (χ1n) is 11.3. The first-order chi connectivity index (χ1) is 15.8. The van der Waals surface area contributed by atoms with Crippen LogP contribution in [0.2, 0.25) is 0 Å². The average molecular weight is 466 g/mol. The van der Waals surface area contributed by atoms with Gasteiger partial charge in [-0.05, 0) is 63.1 Å². The molecule has 4 rings (SSSR count). The van der Waals surface area contributed by atoms with Gasteiger partial charge in [-0.3, -0.25) is 4.90 Å². The third-order valence-electron chi connectivity index (χ3n) is 6.13. The summed E-state index contributed by atoms with van der Waals surface area (Å²) in [5, 5.41) is 15.4. The number of nitrogens with zero attached hydrogens (tertiary/aromatic N) is 3. The minimum Gasteiger partial charge on any atom is -0.467 e. The maximum atomic E-state index is 13.3. The van der Waals surface area contributed by atoms with E-state index < -0.39 is 11.7 Å². The average Bonchev–Trinajstić information content (AvgIpc) is 2.73. The fourth-order valence-corrected chi connectivity index (χ4v) is 4.29. The summed E-state index contributed by atoms with van der Waals surface area (Å²) in [5.41, 5.74) is 0.556. The van der Waals surface area contributed by atoms with Crippen molar-refractivity contribution in [3.05, 3.63) is 35.4 Å². The zero-order valence-electron chi connectivity index (χ0n) is 18.9. The first kappa shape index (κ1) is 23.7. The summed E-state index contributed by atoms with van der Waals surface area (Å²) in [5.74, 6) is 0.724. The fraction of sp³-hybridized carbons (Fsp3) is 0.565. The second kappa shape index (κ2) is 10.2. The molecule has 2 saturated heterocycles. The van der Waals surface area contributed by atoms with E-state index in [1.165, 1.54) is 0 Å². The normalized spacial score (nSPS) is 19.8. The number of rotatable bonds is 8. The first-order valence-corrected chi connectivity index (χ1v) is 11.3. The number of likely N-dealkylation sites (tertiary alicyclic amines) is 1. The third-order valence-corrected chi connectivity index (χ3v) is 6.13. The second-order valence-corrected chi connectivity index (χ2v) is 8.51. The largest absolute Gasteiger partial charge is 0.467 e. The van der Waals surface area contributed by atoms with Gasteiger partial charge in [0.05, 0.1) is 11.3 Å². The molecule has 1 aromatic carbocycles.